The van der Waals surface area contributed by atoms with E-state index < -0.39 is 14.5 Å². The van der Waals surface area contributed by atoms with Crippen LogP contribution in [-0.2, 0) is 15.6 Å². The molecule has 0 saturated heterocycles. The lowest BCUT2D eigenvalue weighted by molar-refractivity contribution is -0.474. The van der Waals surface area contributed by atoms with E-state index in [9.17, 15) is 34.5 Å². The van der Waals surface area contributed by atoms with Crippen molar-refractivity contribution in [2.75, 3.05) is 39.5 Å². The Bertz CT molecular complexity index is 253. The number of hydrogen-bond donors (Lipinski definition) is 0. The molecule has 0 aromatic rings. The Morgan fingerprint density at radius 1 is 0.900 bits per heavy atom. The number of nitrogens with zero attached hydrogens (tertiary/aromatic N) is 1. The highest BCUT2D eigenvalue weighted by molar-refractivity contribution is 7.96. The van der Waals surface area contributed by atoms with E-state index in [2.05, 4.69) is 12.5 Å². The zero-order valence-electron chi connectivity index (χ0n) is 11.6. The maximum atomic E-state index is 9.75. The van der Waals surface area contributed by atoms with Crippen LogP contribution in [0, 0.1) is 0 Å². The smallest absolute Gasteiger partial charge is 0.448 e. The molecule has 0 radical (unpaired) electrons. The van der Waals surface area contributed by atoms with Crippen LogP contribution in [0.1, 0.15) is 0 Å². The van der Waals surface area contributed by atoms with E-state index in [1.807, 2.05) is 18.7 Å². The topological polar surface area (TPSA) is 12.2 Å². The average Bonchev–Trinajstić information content (AvgIpc) is 2.07. The lowest BCUT2D eigenvalue weighted by Crippen LogP contribution is -2.23. The first-order valence-corrected chi connectivity index (χ1v) is 7.15. The first kappa shape index (κ1) is 24.4. The average molecular weight is 337 g/mol. The van der Waals surface area contributed by atoms with Crippen LogP contribution in [0.4, 0.5) is 34.5 Å². The monoisotopic (exact) mass is 337 g/mol. The fourth-order valence-corrected chi connectivity index (χ4v) is 1.49. The maximum Gasteiger partial charge on any atom is 0.673 e. The Kier molecular flexibility index (Phi) is 13.5. The summed E-state index contributed by atoms with van der Waals surface area (Å²) in [5.74, 6) is 2.11. The Morgan fingerprint density at radius 2 is 1.15 bits per heavy atom. The third-order valence-corrected chi connectivity index (χ3v) is 1.97. The molecule has 0 aliphatic carbocycles. The first-order valence-electron chi connectivity index (χ1n) is 4.93. The predicted octanol–water partition coefficient (Wildman–Crippen LogP) is 2.78. The number of ether oxygens (including phenoxy) is 1. The van der Waals surface area contributed by atoms with Crippen molar-refractivity contribution in [1.82, 2.24) is 0 Å². The third-order valence-electron chi connectivity index (χ3n) is 1.15. The Hall–Kier alpha value is -0.610. The molecule has 0 amide bonds. The van der Waals surface area contributed by atoms with Crippen LogP contribution < -0.4 is 0 Å². The largest absolute Gasteiger partial charge is 0.673 e. The van der Waals surface area contributed by atoms with Gasteiger partial charge in [-0.2, -0.15) is 0 Å². The zero-order valence-corrected chi connectivity index (χ0v) is 12.5. The normalized spacial score (nSPS) is 10.9. The second-order valence-electron chi connectivity index (χ2n) is 3.61. The first-order chi connectivity index (χ1) is 8.57. The lowest BCUT2D eigenvalue weighted by atomic mass is 10.3. The van der Waals surface area contributed by atoms with Crippen molar-refractivity contribution in [3.05, 3.63) is 0 Å². The highest BCUT2D eigenvalue weighted by Crippen LogP contribution is 2.07. The van der Waals surface area contributed by atoms with E-state index in [0.29, 0.717) is 10.9 Å². The van der Waals surface area contributed by atoms with E-state index >= 15 is 0 Å². The number of halogens is 8. The summed E-state index contributed by atoms with van der Waals surface area (Å²) >= 11 is 0. The molecule has 0 atom stereocenters. The van der Waals surface area contributed by atoms with E-state index in [0.717, 1.165) is 11.7 Å². The summed E-state index contributed by atoms with van der Waals surface area (Å²) < 4.78 is 85.2. The molecule has 0 unspecified atom stereocenters. The molecule has 2 nitrogen and oxygen atoms in total. The summed E-state index contributed by atoms with van der Waals surface area (Å²) in [7, 11) is -5.83. The van der Waals surface area contributed by atoms with Gasteiger partial charge < -0.3 is 39.3 Å². The Morgan fingerprint density at radius 3 is 1.20 bits per heavy atom. The molecule has 0 aromatic heterocycles. The van der Waals surface area contributed by atoms with Crippen molar-refractivity contribution < 1.29 is 43.8 Å². The van der Waals surface area contributed by atoms with Gasteiger partial charge in [-0.3, -0.25) is 0 Å². The molecule has 0 heterocycles. The van der Waals surface area contributed by atoms with Gasteiger partial charge >= 0.3 is 20.4 Å². The highest BCUT2D eigenvalue weighted by atomic mass is 32.2. The molecule has 13 heteroatoms. The van der Waals surface area contributed by atoms with E-state index in [1.165, 1.54) is 0 Å². The fourth-order valence-electron chi connectivity index (χ4n) is 0.618. The standard InChI is InChI=1S/C7H17NOS.2BF4/c1-8(2)7(9-3)6-10(4)5;2*2-1(3,4)5/h6H2,1-5H3;;/q+2;2*-1. The molecule has 20 heavy (non-hydrogen) atoms. The Balaban J connectivity index is -0.000000244. The molecule has 0 saturated carbocycles. The summed E-state index contributed by atoms with van der Waals surface area (Å²) in [6.07, 6.45) is 4.42. The molecule has 0 rings (SSSR count). The molecule has 0 bridgehead atoms. The van der Waals surface area contributed by atoms with Gasteiger partial charge in [-0.15, -0.1) is 0 Å². The van der Waals surface area contributed by atoms with E-state index in [4.69, 9.17) is 4.74 Å². The van der Waals surface area contributed by atoms with Crippen molar-refractivity contribution in [1.29, 1.82) is 0 Å². The number of methoxy groups -OCH3 is 1. The second kappa shape index (κ2) is 11.1. The quantitative estimate of drug-likeness (QED) is 0.189. The van der Waals surface area contributed by atoms with Gasteiger partial charge in [-0.25, -0.2) is 4.58 Å². The maximum absolute atomic E-state index is 9.75. The minimum absolute atomic E-state index is 0.430. The van der Waals surface area contributed by atoms with Crippen molar-refractivity contribution in [2.24, 2.45) is 0 Å². The molecule has 0 fully saturated rings. The molecular weight excluding hydrogens is 320 g/mol. The number of hydrogen-bond acceptors (Lipinski definition) is 1. The van der Waals surface area contributed by atoms with Crippen molar-refractivity contribution in [2.45, 2.75) is 0 Å². The molecule has 0 spiro atoms. The zero-order chi connectivity index (χ0) is 17.1. The third kappa shape index (κ3) is 53.0. The summed E-state index contributed by atoms with van der Waals surface area (Å²) in [4.78, 5) is 0. The Labute approximate surface area is 115 Å². The van der Waals surface area contributed by atoms with Gasteiger partial charge in [0.15, 0.2) is 0 Å². The van der Waals surface area contributed by atoms with Gasteiger partial charge in [0.25, 0.3) is 0 Å². The predicted molar refractivity (Wildman–Crippen MR) is 68.6 cm³/mol. The van der Waals surface area contributed by atoms with Gasteiger partial charge in [0, 0.05) is 0 Å². The molecule has 124 valence electrons. The second-order valence-corrected chi connectivity index (χ2v) is 5.87. The van der Waals surface area contributed by atoms with Gasteiger partial charge in [-0.1, -0.05) is 0 Å². The van der Waals surface area contributed by atoms with Crippen LogP contribution >= 0.6 is 0 Å². The van der Waals surface area contributed by atoms with Crippen molar-refractivity contribution >= 4 is 31.3 Å². The number of rotatable bonds is 2. The minimum Gasteiger partial charge on any atom is -0.448 e. The summed E-state index contributed by atoms with van der Waals surface area (Å²) in [5, 5.41) is 0. The fraction of sp³-hybridized carbons (Fsp3) is 0.857. The lowest BCUT2D eigenvalue weighted by Gasteiger charge is -1.98. The van der Waals surface area contributed by atoms with Crippen LogP contribution in [0.5, 0.6) is 0 Å². The van der Waals surface area contributed by atoms with Gasteiger partial charge in [-0.05, 0) is 10.9 Å². The van der Waals surface area contributed by atoms with Crippen LogP contribution in [-0.4, -0.2) is 64.5 Å². The highest BCUT2D eigenvalue weighted by Gasteiger charge is 2.21. The van der Waals surface area contributed by atoms with Crippen LogP contribution in [0.2, 0.25) is 0 Å². The molecule has 0 N–H and O–H groups in total. The SMILES string of the molecule is COC(C[S+](C)C)=[N+](C)C.F[B-](F)(F)F.F[B-](F)(F)F. The van der Waals surface area contributed by atoms with Crippen LogP contribution in [0.3, 0.4) is 0 Å². The van der Waals surface area contributed by atoms with E-state index in [1.54, 1.807) is 7.11 Å². The van der Waals surface area contributed by atoms with Crippen LogP contribution in [0.25, 0.3) is 0 Å². The minimum atomic E-state index is -6.00. The molecule has 0 aliphatic rings. The molecule has 0 aromatic carbocycles. The molecular formula is C7H17B2F8NOS. The van der Waals surface area contributed by atoms with Gasteiger partial charge in [0.2, 0.25) is 5.75 Å². The van der Waals surface area contributed by atoms with Gasteiger partial charge in [0.05, 0.1) is 19.6 Å². The summed E-state index contributed by atoms with van der Waals surface area (Å²) in [5.41, 5.74) is 0. The van der Waals surface area contributed by atoms with Crippen LogP contribution in [0.15, 0.2) is 0 Å². The van der Waals surface area contributed by atoms with Gasteiger partial charge in [0.1, 0.15) is 14.1 Å². The van der Waals surface area contributed by atoms with Crippen molar-refractivity contribution in [3.63, 3.8) is 0 Å². The van der Waals surface area contributed by atoms with Crippen molar-refractivity contribution in [3.8, 4) is 0 Å². The molecule has 0 aliphatic heterocycles. The summed E-state index contributed by atoms with van der Waals surface area (Å²) in [6, 6.07) is 0. The summed E-state index contributed by atoms with van der Waals surface area (Å²) in [6.45, 7) is 0. The van der Waals surface area contributed by atoms with E-state index in [-0.39, 0.29) is 0 Å².